The Kier molecular flexibility index (Phi) is 3.61. The van der Waals surface area contributed by atoms with Gasteiger partial charge in [0.15, 0.2) is 0 Å². The van der Waals surface area contributed by atoms with Gasteiger partial charge in [-0.15, -0.1) is 0 Å². The second-order valence-corrected chi connectivity index (χ2v) is 4.72. The van der Waals surface area contributed by atoms with Crippen molar-refractivity contribution in [1.29, 1.82) is 0 Å². The molecule has 4 unspecified atom stereocenters. The fourth-order valence-corrected chi connectivity index (χ4v) is 2.78. The molecule has 0 aromatic heterocycles. The summed E-state index contributed by atoms with van der Waals surface area (Å²) in [6, 6.07) is 0. The predicted molar refractivity (Wildman–Crippen MR) is 55.1 cm³/mol. The Hall–Kier alpha value is 0. The van der Waals surface area contributed by atoms with Gasteiger partial charge in [-0.05, 0) is 30.1 Å². The molecule has 0 N–H and O–H groups in total. The molecule has 1 aliphatic rings. The van der Waals surface area contributed by atoms with Crippen LogP contribution in [0, 0.1) is 23.7 Å². The van der Waals surface area contributed by atoms with E-state index in [1.54, 1.807) is 0 Å². The Labute approximate surface area is 77.7 Å². The van der Waals surface area contributed by atoms with Gasteiger partial charge in [0.2, 0.25) is 0 Å². The molecule has 72 valence electrons. The molecule has 0 heteroatoms. The number of rotatable bonds is 5. The van der Waals surface area contributed by atoms with Crippen LogP contribution in [0.2, 0.25) is 0 Å². The molecule has 0 nitrogen and oxygen atoms in total. The van der Waals surface area contributed by atoms with Gasteiger partial charge in [-0.25, -0.2) is 0 Å². The minimum absolute atomic E-state index is 0.971. The molecule has 0 spiro atoms. The average molecular weight is 168 g/mol. The van der Waals surface area contributed by atoms with Crippen molar-refractivity contribution in [3.8, 4) is 0 Å². The van der Waals surface area contributed by atoms with Crippen LogP contribution in [0.5, 0.6) is 0 Å². The summed E-state index contributed by atoms with van der Waals surface area (Å²) in [6.45, 7) is 9.48. The van der Waals surface area contributed by atoms with E-state index in [0.717, 1.165) is 23.7 Å². The lowest BCUT2D eigenvalue weighted by Crippen LogP contribution is -1.96. The van der Waals surface area contributed by atoms with Gasteiger partial charge >= 0.3 is 0 Å². The second-order valence-electron chi connectivity index (χ2n) is 4.72. The topological polar surface area (TPSA) is 0 Å². The summed E-state index contributed by atoms with van der Waals surface area (Å²) in [5.41, 5.74) is 0. The molecule has 0 saturated heterocycles. The van der Waals surface area contributed by atoms with E-state index < -0.39 is 0 Å². The van der Waals surface area contributed by atoms with E-state index in [1.165, 1.54) is 25.7 Å². The molecule has 1 rings (SSSR count). The molecule has 0 aliphatic heterocycles. The Morgan fingerprint density at radius 2 is 1.83 bits per heavy atom. The van der Waals surface area contributed by atoms with Gasteiger partial charge in [-0.2, -0.15) is 0 Å². The number of hydrogen-bond acceptors (Lipinski definition) is 0. The molecule has 1 saturated carbocycles. The molecule has 4 atom stereocenters. The van der Waals surface area contributed by atoms with E-state index in [0.29, 0.717) is 0 Å². The molecule has 12 heavy (non-hydrogen) atoms. The van der Waals surface area contributed by atoms with Crippen LogP contribution in [0.15, 0.2) is 0 Å². The first-order valence-electron chi connectivity index (χ1n) is 5.70. The zero-order valence-corrected chi connectivity index (χ0v) is 9.14. The van der Waals surface area contributed by atoms with Crippen molar-refractivity contribution < 1.29 is 0 Å². The highest BCUT2D eigenvalue weighted by Gasteiger charge is 2.44. The normalized spacial score (nSPS) is 36.5. The lowest BCUT2D eigenvalue weighted by Gasteiger charge is -2.08. The van der Waals surface area contributed by atoms with Gasteiger partial charge in [-0.3, -0.25) is 0 Å². The van der Waals surface area contributed by atoms with Crippen molar-refractivity contribution in [2.45, 2.75) is 53.4 Å². The van der Waals surface area contributed by atoms with Gasteiger partial charge in [0.1, 0.15) is 0 Å². The Bertz CT molecular complexity index is 128. The van der Waals surface area contributed by atoms with E-state index in [4.69, 9.17) is 0 Å². The third-order valence-electron chi connectivity index (χ3n) is 3.69. The fourth-order valence-electron chi connectivity index (χ4n) is 2.78. The lowest BCUT2D eigenvalue weighted by molar-refractivity contribution is 0.435. The smallest absolute Gasteiger partial charge is 0.0352 e. The molecule has 0 heterocycles. The first kappa shape index (κ1) is 10.1. The summed E-state index contributed by atoms with van der Waals surface area (Å²) in [6.07, 6.45) is 5.69. The van der Waals surface area contributed by atoms with E-state index in [-0.39, 0.29) is 0 Å². The number of hydrogen-bond donors (Lipinski definition) is 0. The molecule has 1 aliphatic carbocycles. The zero-order valence-electron chi connectivity index (χ0n) is 9.14. The van der Waals surface area contributed by atoms with Gasteiger partial charge in [-0.1, -0.05) is 47.0 Å². The summed E-state index contributed by atoms with van der Waals surface area (Å²) in [5, 5.41) is 0. The largest absolute Gasteiger partial charge is 0.0654 e. The van der Waals surface area contributed by atoms with Crippen molar-refractivity contribution in [3.05, 3.63) is 0 Å². The quantitative estimate of drug-likeness (QED) is 0.579. The highest BCUT2D eigenvalue weighted by Crippen LogP contribution is 2.51. The molecular weight excluding hydrogens is 144 g/mol. The predicted octanol–water partition coefficient (Wildman–Crippen LogP) is 4.10. The van der Waals surface area contributed by atoms with Crippen LogP contribution in [-0.4, -0.2) is 0 Å². The van der Waals surface area contributed by atoms with Gasteiger partial charge in [0, 0.05) is 0 Å². The minimum Gasteiger partial charge on any atom is -0.0654 e. The molecule has 0 radical (unpaired) electrons. The molecule has 0 bridgehead atoms. The van der Waals surface area contributed by atoms with Crippen LogP contribution in [0.3, 0.4) is 0 Å². The van der Waals surface area contributed by atoms with Crippen LogP contribution in [-0.2, 0) is 0 Å². The maximum atomic E-state index is 2.43. The lowest BCUT2D eigenvalue weighted by atomic mass is 9.98. The van der Waals surface area contributed by atoms with Crippen molar-refractivity contribution in [2.75, 3.05) is 0 Å². The van der Waals surface area contributed by atoms with Crippen LogP contribution in [0.1, 0.15) is 53.4 Å². The van der Waals surface area contributed by atoms with E-state index >= 15 is 0 Å². The second kappa shape index (κ2) is 4.30. The van der Waals surface area contributed by atoms with Crippen molar-refractivity contribution >= 4 is 0 Å². The zero-order chi connectivity index (χ0) is 9.14. The molecule has 1 fully saturated rings. The monoisotopic (exact) mass is 168 g/mol. The molecule has 0 aromatic rings. The molecular formula is C12H24. The van der Waals surface area contributed by atoms with Crippen LogP contribution in [0.25, 0.3) is 0 Å². The fraction of sp³-hybridized carbons (Fsp3) is 1.00. The summed E-state index contributed by atoms with van der Waals surface area (Å²) < 4.78 is 0. The van der Waals surface area contributed by atoms with Gasteiger partial charge in [0.05, 0.1) is 0 Å². The highest BCUT2D eigenvalue weighted by molar-refractivity contribution is 4.93. The van der Waals surface area contributed by atoms with Crippen molar-refractivity contribution in [3.63, 3.8) is 0 Å². The van der Waals surface area contributed by atoms with E-state index in [2.05, 4.69) is 27.7 Å². The molecule has 0 amide bonds. The SMILES string of the molecule is CCCC(C)CC1C(C)C1CC. The third kappa shape index (κ3) is 2.24. The highest BCUT2D eigenvalue weighted by atomic mass is 14.5. The first-order chi connectivity index (χ1) is 5.70. The Morgan fingerprint density at radius 1 is 1.17 bits per heavy atom. The first-order valence-corrected chi connectivity index (χ1v) is 5.70. The summed E-state index contributed by atoms with van der Waals surface area (Å²) in [5.74, 6) is 4.16. The van der Waals surface area contributed by atoms with Gasteiger partial charge in [0.25, 0.3) is 0 Å². The van der Waals surface area contributed by atoms with Crippen molar-refractivity contribution in [1.82, 2.24) is 0 Å². The average Bonchev–Trinajstić information content (AvgIpc) is 2.61. The van der Waals surface area contributed by atoms with E-state index in [9.17, 15) is 0 Å². The van der Waals surface area contributed by atoms with E-state index in [1.807, 2.05) is 0 Å². The van der Waals surface area contributed by atoms with Crippen molar-refractivity contribution in [2.24, 2.45) is 23.7 Å². The van der Waals surface area contributed by atoms with Crippen LogP contribution in [0.4, 0.5) is 0 Å². The van der Waals surface area contributed by atoms with Crippen LogP contribution < -0.4 is 0 Å². The van der Waals surface area contributed by atoms with Crippen LogP contribution >= 0.6 is 0 Å². The Morgan fingerprint density at radius 3 is 2.25 bits per heavy atom. The van der Waals surface area contributed by atoms with Gasteiger partial charge < -0.3 is 0 Å². The minimum atomic E-state index is 0.971. The summed E-state index contributed by atoms with van der Waals surface area (Å²) in [7, 11) is 0. The maximum Gasteiger partial charge on any atom is -0.0352 e. The third-order valence-corrected chi connectivity index (χ3v) is 3.69. The Balaban J connectivity index is 2.16. The molecule has 0 aromatic carbocycles. The standard InChI is InChI=1S/C12H24/c1-5-7-9(3)8-12-10(4)11(12)6-2/h9-12H,5-8H2,1-4H3. The summed E-state index contributed by atoms with van der Waals surface area (Å²) >= 11 is 0. The summed E-state index contributed by atoms with van der Waals surface area (Å²) in [4.78, 5) is 0. The maximum absolute atomic E-state index is 2.43.